The highest BCUT2D eigenvalue weighted by Crippen LogP contribution is 2.47. The van der Waals surface area contributed by atoms with Crippen molar-refractivity contribution in [2.75, 3.05) is 6.61 Å². The zero-order valence-corrected chi connectivity index (χ0v) is 19.3. The molecule has 2 aromatic carbocycles. The van der Waals surface area contributed by atoms with E-state index in [1.807, 2.05) is 6.07 Å². The molecule has 1 nitrogen and oxygen atoms in total. The zero-order valence-electron chi connectivity index (χ0n) is 19.3. The summed E-state index contributed by atoms with van der Waals surface area (Å²) in [6, 6.07) is 9.88. The van der Waals surface area contributed by atoms with Gasteiger partial charge in [0.1, 0.15) is 24.0 Å². The van der Waals surface area contributed by atoms with Crippen LogP contribution in [0.25, 0.3) is 0 Å². The Kier molecular flexibility index (Phi) is 7.65. The number of hydrogen-bond acceptors (Lipinski definition) is 1. The van der Waals surface area contributed by atoms with E-state index in [1.165, 1.54) is 31.7 Å². The Hall–Kier alpha value is -2.86. The molecule has 3 heteroatoms. The molecule has 0 saturated heterocycles. The van der Waals surface area contributed by atoms with Crippen LogP contribution in [-0.2, 0) is 0 Å². The minimum Gasteiger partial charge on any atom is -0.489 e. The summed E-state index contributed by atoms with van der Waals surface area (Å²) < 4.78 is 34.5. The fraction of sp³-hybridized carbons (Fsp3) is 0.400. The van der Waals surface area contributed by atoms with Gasteiger partial charge in [0.25, 0.3) is 0 Å². The number of fused-ring (bicyclic) bond motifs is 1. The molecule has 0 radical (unpaired) electrons. The van der Waals surface area contributed by atoms with Crippen molar-refractivity contribution in [3.05, 3.63) is 89.5 Å². The molecule has 2 aliphatic carbocycles. The van der Waals surface area contributed by atoms with Crippen molar-refractivity contribution in [3.63, 3.8) is 0 Å². The summed E-state index contributed by atoms with van der Waals surface area (Å²) in [6.07, 6.45) is 13.5. The third-order valence-electron chi connectivity index (χ3n) is 7.22. The monoisotopic (exact) mass is 446 g/mol. The minimum absolute atomic E-state index is 0.219. The summed E-state index contributed by atoms with van der Waals surface area (Å²) in [5, 5.41) is 0. The normalized spacial score (nSPS) is 24.6. The fourth-order valence-electron chi connectivity index (χ4n) is 5.54. The van der Waals surface area contributed by atoms with Crippen molar-refractivity contribution < 1.29 is 13.5 Å². The Morgan fingerprint density at radius 1 is 0.939 bits per heavy atom. The molecule has 0 bridgehead atoms. The van der Waals surface area contributed by atoms with E-state index in [2.05, 4.69) is 37.5 Å². The molecule has 0 aliphatic heterocycles. The van der Waals surface area contributed by atoms with Crippen LogP contribution in [0, 0.1) is 41.2 Å². The molecule has 0 heterocycles. The number of ether oxygens (including phenoxy) is 1. The van der Waals surface area contributed by atoms with Gasteiger partial charge in [-0.1, -0.05) is 42.7 Å². The molecular weight excluding hydrogens is 414 g/mol. The van der Waals surface area contributed by atoms with Crippen molar-refractivity contribution >= 4 is 0 Å². The van der Waals surface area contributed by atoms with Crippen LogP contribution in [0.1, 0.15) is 68.1 Å². The summed E-state index contributed by atoms with van der Waals surface area (Å²) in [5.74, 6) is 7.89. The maximum absolute atomic E-state index is 14.8. The largest absolute Gasteiger partial charge is 0.489 e. The van der Waals surface area contributed by atoms with Crippen LogP contribution >= 0.6 is 0 Å². The number of hydrogen-bond donors (Lipinski definition) is 0. The Morgan fingerprint density at radius 2 is 1.64 bits per heavy atom. The standard InChI is InChI=1S/C30H32F2O/c1-3-5-21-6-7-25-18-26(13-12-24(25)17-21)27-11-10-22(29(31)19-27)8-9-23-14-15-28(20-30(23)32)33-16-4-2/h3-5,10-11,14-15,19-21,24-26H,2,6-7,12-13,16-18H2,1H3/b5-3+. The molecule has 4 rings (SSSR count). The Labute approximate surface area is 196 Å². The van der Waals surface area contributed by atoms with Crippen molar-refractivity contribution in [1.82, 2.24) is 0 Å². The molecule has 2 aromatic rings. The molecule has 2 aliphatic rings. The number of rotatable bonds is 5. The molecule has 4 unspecified atom stereocenters. The molecule has 172 valence electrons. The molecule has 0 spiro atoms. The molecule has 2 saturated carbocycles. The Bertz CT molecular complexity index is 1070. The van der Waals surface area contributed by atoms with Crippen molar-refractivity contribution in [2.24, 2.45) is 17.8 Å². The number of allylic oxidation sites excluding steroid dienone is 2. The average molecular weight is 447 g/mol. The Morgan fingerprint density at radius 3 is 2.33 bits per heavy atom. The Balaban J connectivity index is 1.42. The van der Waals surface area contributed by atoms with E-state index >= 15 is 0 Å². The first-order chi connectivity index (χ1) is 16.1. The SMILES string of the molecule is C=CCOc1ccc(C#Cc2ccc(C3CCC4CC(/C=C/C)CCC4C3)cc2F)c(F)c1. The fourth-order valence-corrected chi connectivity index (χ4v) is 5.54. The first-order valence-electron chi connectivity index (χ1n) is 12.0. The van der Waals surface area contributed by atoms with Gasteiger partial charge in [0.05, 0.1) is 11.1 Å². The van der Waals surface area contributed by atoms with E-state index in [0.29, 0.717) is 23.8 Å². The van der Waals surface area contributed by atoms with Gasteiger partial charge < -0.3 is 4.74 Å². The van der Waals surface area contributed by atoms with Gasteiger partial charge in [-0.3, -0.25) is 0 Å². The average Bonchev–Trinajstić information content (AvgIpc) is 2.82. The van der Waals surface area contributed by atoms with Gasteiger partial charge in [-0.25, -0.2) is 8.78 Å². The van der Waals surface area contributed by atoms with Crippen LogP contribution in [0.2, 0.25) is 0 Å². The number of halogens is 2. The molecule has 33 heavy (non-hydrogen) atoms. The van der Waals surface area contributed by atoms with Gasteiger partial charge in [0, 0.05) is 6.07 Å². The van der Waals surface area contributed by atoms with Gasteiger partial charge >= 0.3 is 0 Å². The van der Waals surface area contributed by atoms with Crippen molar-refractivity contribution in [2.45, 2.75) is 51.4 Å². The lowest BCUT2D eigenvalue weighted by Crippen LogP contribution is -2.30. The van der Waals surface area contributed by atoms with Gasteiger partial charge in [0.2, 0.25) is 0 Å². The van der Waals surface area contributed by atoms with Gasteiger partial charge in [0.15, 0.2) is 0 Å². The predicted molar refractivity (Wildman–Crippen MR) is 130 cm³/mol. The van der Waals surface area contributed by atoms with Crippen LogP contribution in [0.4, 0.5) is 8.78 Å². The van der Waals surface area contributed by atoms with Crippen LogP contribution in [0.3, 0.4) is 0 Å². The maximum Gasteiger partial charge on any atom is 0.142 e. The highest BCUT2D eigenvalue weighted by molar-refractivity contribution is 5.46. The summed E-state index contributed by atoms with van der Waals surface area (Å²) >= 11 is 0. The lowest BCUT2D eigenvalue weighted by Gasteiger charge is -2.41. The predicted octanol–water partition coefficient (Wildman–Crippen LogP) is 7.81. The van der Waals surface area contributed by atoms with Gasteiger partial charge in [-0.15, -0.1) is 0 Å². The molecule has 4 atom stereocenters. The smallest absolute Gasteiger partial charge is 0.142 e. The molecule has 0 N–H and O–H groups in total. The summed E-state index contributed by atoms with van der Waals surface area (Å²) in [5.41, 5.74) is 1.59. The highest BCUT2D eigenvalue weighted by atomic mass is 19.1. The van der Waals surface area contributed by atoms with E-state index in [4.69, 9.17) is 4.74 Å². The maximum atomic E-state index is 14.8. The molecule has 0 aromatic heterocycles. The number of benzene rings is 2. The zero-order chi connectivity index (χ0) is 23.2. The van der Waals surface area contributed by atoms with E-state index in [-0.39, 0.29) is 11.4 Å². The van der Waals surface area contributed by atoms with Crippen LogP contribution < -0.4 is 4.74 Å². The quantitative estimate of drug-likeness (QED) is 0.336. The highest BCUT2D eigenvalue weighted by Gasteiger charge is 2.35. The molecule has 2 fully saturated rings. The van der Waals surface area contributed by atoms with Crippen LogP contribution in [-0.4, -0.2) is 6.61 Å². The lowest BCUT2D eigenvalue weighted by atomic mass is 9.64. The van der Waals surface area contributed by atoms with Crippen molar-refractivity contribution in [1.29, 1.82) is 0 Å². The lowest BCUT2D eigenvalue weighted by molar-refractivity contribution is 0.133. The topological polar surface area (TPSA) is 9.23 Å². The summed E-state index contributed by atoms with van der Waals surface area (Å²) in [6.45, 7) is 5.99. The first-order valence-corrected chi connectivity index (χ1v) is 12.0. The van der Waals surface area contributed by atoms with E-state index in [9.17, 15) is 8.78 Å². The van der Waals surface area contributed by atoms with Gasteiger partial charge in [-0.05, 0) is 98.9 Å². The van der Waals surface area contributed by atoms with Gasteiger partial charge in [-0.2, -0.15) is 0 Å². The van der Waals surface area contributed by atoms with Crippen LogP contribution in [0.15, 0.2) is 61.2 Å². The summed E-state index contributed by atoms with van der Waals surface area (Å²) in [4.78, 5) is 0. The molecular formula is C30H32F2O. The third kappa shape index (κ3) is 5.74. The second-order valence-corrected chi connectivity index (χ2v) is 9.36. The second kappa shape index (κ2) is 10.8. The minimum atomic E-state index is -0.484. The van der Waals surface area contributed by atoms with Crippen LogP contribution in [0.5, 0.6) is 5.75 Å². The van der Waals surface area contributed by atoms with E-state index < -0.39 is 5.82 Å². The van der Waals surface area contributed by atoms with E-state index in [0.717, 1.165) is 36.2 Å². The summed E-state index contributed by atoms with van der Waals surface area (Å²) in [7, 11) is 0. The van der Waals surface area contributed by atoms with E-state index in [1.54, 1.807) is 30.3 Å². The molecule has 0 amide bonds. The first kappa shape index (κ1) is 23.3. The third-order valence-corrected chi connectivity index (χ3v) is 7.22. The van der Waals surface area contributed by atoms with Crippen molar-refractivity contribution in [3.8, 4) is 17.6 Å². The second-order valence-electron chi connectivity index (χ2n) is 9.36.